The minimum Gasteiger partial charge on any atom is -0.382 e. The van der Waals surface area contributed by atoms with E-state index < -0.39 is 0 Å². The molecule has 1 aliphatic rings. The summed E-state index contributed by atoms with van der Waals surface area (Å²) in [5.74, 6) is 1.50. The zero-order valence-electron chi connectivity index (χ0n) is 12.5. The van der Waals surface area contributed by atoms with Gasteiger partial charge in [-0.1, -0.05) is 24.3 Å². The second kappa shape index (κ2) is 7.90. The molecule has 0 heterocycles. The topological polar surface area (TPSA) is 45.6 Å². The van der Waals surface area contributed by atoms with Gasteiger partial charge in [0.05, 0.1) is 0 Å². The quantitative estimate of drug-likeness (QED) is 0.454. The van der Waals surface area contributed by atoms with Crippen molar-refractivity contribution in [2.24, 2.45) is 4.99 Å². The number of hydrogen-bond donors (Lipinski definition) is 2. The van der Waals surface area contributed by atoms with Crippen LogP contribution in [0.4, 0.5) is 0 Å². The lowest BCUT2D eigenvalue weighted by Gasteiger charge is -2.30. The number of fused-ring (bicyclic) bond motifs is 1. The Balaban J connectivity index is 1.65. The number of hydrogen-bond acceptors (Lipinski definition) is 2. The molecule has 1 atom stereocenters. The van der Waals surface area contributed by atoms with Crippen molar-refractivity contribution in [3.63, 3.8) is 0 Å². The molecule has 4 heteroatoms. The van der Waals surface area contributed by atoms with E-state index >= 15 is 0 Å². The highest BCUT2D eigenvalue weighted by Gasteiger charge is 2.24. The zero-order chi connectivity index (χ0) is 14.2. The van der Waals surface area contributed by atoms with Gasteiger partial charge in [0.25, 0.3) is 0 Å². The van der Waals surface area contributed by atoms with Gasteiger partial charge < -0.3 is 15.4 Å². The van der Waals surface area contributed by atoms with Crippen LogP contribution < -0.4 is 10.6 Å². The molecule has 20 heavy (non-hydrogen) atoms. The van der Waals surface area contributed by atoms with Crippen LogP contribution in [0, 0.1) is 0 Å². The van der Waals surface area contributed by atoms with Gasteiger partial charge in [-0.3, -0.25) is 4.99 Å². The van der Waals surface area contributed by atoms with Crippen LogP contribution in [-0.4, -0.2) is 39.3 Å². The SMILES string of the molecule is CCOCCCNC(=NC)NCC1Cc2ccccc21. The summed E-state index contributed by atoms with van der Waals surface area (Å²) in [4.78, 5) is 4.25. The lowest BCUT2D eigenvalue weighted by atomic mass is 9.78. The van der Waals surface area contributed by atoms with Gasteiger partial charge in [-0.2, -0.15) is 0 Å². The third kappa shape index (κ3) is 3.97. The van der Waals surface area contributed by atoms with Crippen molar-refractivity contribution in [1.29, 1.82) is 0 Å². The molecule has 0 bridgehead atoms. The fourth-order valence-electron chi connectivity index (χ4n) is 2.51. The van der Waals surface area contributed by atoms with Crippen LogP contribution in [0.3, 0.4) is 0 Å². The Morgan fingerprint density at radius 1 is 1.35 bits per heavy atom. The van der Waals surface area contributed by atoms with Crippen molar-refractivity contribution in [1.82, 2.24) is 10.6 Å². The predicted octanol–water partition coefficient (Wildman–Crippen LogP) is 1.92. The molecular weight excluding hydrogens is 250 g/mol. The molecule has 0 spiro atoms. The van der Waals surface area contributed by atoms with Crippen LogP contribution in [0.15, 0.2) is 29.3 Å². The summed E-state index contributed by atoms with van der Waals surface area (Å²) in [5.41, 5.74) is 2.96. The number of ether oxygens (including phenoxy) is 1. The predicted molar refractivity (Wildman–Crippen MR) is 83.4 cm³/mol. The summed E-state index contributed by atoms with van der Waals surface area (Å²) < 4.78 is 5.31. The Labute approximate surface area is 121 Å². The van der Waals surface area contributed by atoms with E-state index in [1.165, 1.54) is 17.5 Å². The Morgan fingerprint density at radius 3 is 2.95 bits per heavy atom. The molecule has 0 amide bonds. The van der Waals surface area contributed by atoms with Crippen molar-refractivity contribution in [2.75, 3.05) is 33.4 Å². The first-order valence-corrected chi connectivity index (χ1v) is 7.45. The number of benzene rings is 1. The summed E-state index contributed by atoms with van der Waals surface area (Å²) in [5, 5.41) is 6.72. The molecule has 1 aromatic rings. The Morgan fingerprint density at radius 2 is 2.20 bits per heavy atom. The maximum atomic E-state index is 5.31. The molecule has 2 rings (SSSR count). The average Bonchev–Trinajstić information content (AvgIpc) is 2.46. The monoisotopic (exact) mass is 275 g/mol. The highest BCUT2D eigenvalue weighted by Crippen LogP contribution is 2.33. The van der Waals surface area contributed by atoms with Gasteiger partial charge in [0.15, 0.2) is 5.96 Å². The van der Waals surface area contributed by atoms with E-state index in [1.54, 1.807) is 0 Å². The lowest BCUT2D eigenvalue weighted by molar-refractivity contribution is 0.145. The van der Waals surface area contributed by atoms with E-state index in [0.29, 0.717) is 5.92 Å². The molecule has 2 N–H and O–H groups in total. The Bertz CT molecular complexity index is 445. The number of rotatable bonds is 7. The standard InChI is InChI=1S/C16H25N3O/c1-3-20-10-6-9-18-16(17-2)19-12-14-11-13-7-4-5-8-15(13)14/h4-5,7-8,14H,3,6,9-12H2,1-2H3,(H2,17,18,19). The number of guanidine groups is 1. The number of nitrogens with zero attached hydrogens (tertiary/aromatic N) is 1. The van der Waals surface area contributed by atoms with Crippen LogP contribution in [0.5, 0.6) is 0 Å². The molecule has 1 aromatic carbocycles. The highest BCUT2D eigenvalue weighted by atomic mass is 16.5. The van der Waals surface area contributed by atoms with E-state index in [1.807, 2.05) is 14.0 Å². The van der Waals surface area contributed by atoms with Crippen molar-refractivity contribution < 1.29 is 4.74 Å². The van der Waals surface area contributed by atoms with Gasteiger partial charge in [0, 0.05) is 39.3 Å². The summed E-state index contributed by atoms with van der Waals surface area (Å²) in [6, 6.07) is 8.67. The minimum absolute atomic E-state index is 0.619. The maximum Gasteiger partial charge on any atom is 0.190 e. The first kappa shape index (κ1) is 14.9. The smallest absolute Gasteiger partial charge is 0.190 e. The van der Waals surface area contributed by atoms with E-state index in [2.05, 4.69) is 39.9 Å². The summed E-state index contributed by atoms with van der Waals surface area (Å²) in [6.07, 6.45) is 2.17. The summed E-state index contributed by atoms with van der Waals surface area (Å²) in [7, 11) is 1.81. The first-order valence-electron chi connectivity index (χ1n) is 7.45. The molecule has 110 valence electrons. The van der Waals surface area contributed by atoms with Crippen LogP contribution in [-0.2, 0) is 11.2 Å². The average molecular weight is 275 g/mol. The van der Waals surface area contributed by atoms with Crippen molar-refractivity contribution in [3.05, 3.63) is 35.4 Å². The van der Waals surface area contributed by atoms with Gasteiger partial charge >= 0.3 is 0 Å². The molecular formula is C16H25N3O. The highest BCUT2D eigenvalue weighted by molar-refractivity contribution is 5.79. The molecule has 0 fully saturated rings. The van der Waals surface area contributed by atoms with Crippen LogP contribution >= 0.6 is 0 Å². The fraction of sp³-hybridized carbons (Fsp3) is 0.562. The molecule has 0 saturated carbocycles. The Kier molecular flexibility index (Phi) is 5.87. The molecule has 0 radical (unpaired) electrons. The van der Waals surface area contributed by atoms with Gasteiger partial charge in [0.1, 0.15) is 0 Å². The molecule has 1 unspecified atom stereocenters. The first-order chi connectivity index (χ1) is 9.85. The molecule has 4 nitrogen and oxygen atoms in total. The van der Waals surface area contributed by atoms with Crippen molar-refractivity contribution >= 4 is 5.96 Å². The molecule has 0 aliphatic heterocycles. The van der Waals surface area contributed by atoms with Gasteiger partial charge in [-0.05, 0) is 30.9 Å². The van der Waals surface area contributed by atoms with Gasteiger partial charge in [-0.15, -0.1) is 0 Å². The fourth-order valence-corrected chi connectivity index (χ4v) is 2.51. The third-order valence-electron chi connectivity index (χ3n) is 3.66. The minimum atomic E-state index is 0.619. The van der Waals surface area contributed by atoms with E-state index in [-0.39, 0.29) is 0 Å². The Hall–Kier alpha value is -1.55. The normalized spacial score (nSPS) is 17.3. The van der Waals surface area contributed by atoms with Gasteiger partial charge in [0.2, 0.25) is 0 Å². The van der Waals surface area contributed by atoms with E-state index in [9.17, 15) is 0 Å². The summed E-state index contributed by atoms with van der Waals surface area (Å²) in [6.45, 7) is 5.44. The van der Waals surface area contributed by atoms with Crippen LogP contribution in [0.25, 0.3) is 0 Å². The second-order valence-corrected chi connectivity index (χ2v) is 5.03. The second-order valence-electron chi connectivity index (χ2n) is 5.03. The van der Waals surface area contributed by atoms with Crippen molar-refractivity contribution in [2.45, 2.75) is 25.7 Å². The van der Waals surface area contributed by atoms with Crippen molar-refractivity contribution in [3.8, 4) is 0 Å². The largest absolute Gasteiger partial charge is 0.382 e. The zero-order valence-corrected chi connectivity index (χ0v) is 12.5. The van der Waals surface area contributed by atoms with Crippen LogP contribution in [0.1, 0.15) is 30.4 Å². The molecule has 0 aromatic heterocycles. The number of aliphatic imine (C=N–C) groups is 1. The third-order valence-corrected chi connectivity index (χ3v) is 3.66. The van der Waals surface area contributed by atoms with E-state index in [4.69, 9.17) is 4.74 Å². The maximum absolute atomic E-state index is 5.31. The van der Waals surface area contributed by atoms with Crippen LogP contribution in [0.2, 0.25) is 0 Å². The lowest BCUT2D eigenvalue weighted by Crippen LogP contribution is -2.41. The van der Waals surface area contributed by atoms with E-state index in [0.717, 1.165) is 38.7 Å². The van der Waals surface area contributed by atoms with Gasteiger partial charge in [-0.25, -0.2) is 0 Å². The molecule has 1 aliphatic carbocycles. The summed E-state index contributed by atoms with van der Waals surface area (Å²) >= 11 is 0. The number of nitrogens with one attached hydrogen (secondary N) is 2. The molecule has 0 saturated heterocycles.